The molecule has 0 bridgehead atoms. The Morgan fingerprint density at radius 2 is 2.09 bits per heavy atom. The Morgan fingerprint density at radius 3 is 2.82 bits per heavy atom. The first-order valence-corrected chi connectivity index (χ1v) is 8.39. The molecule has 1 heterocycles. The van der Waals surface area contributed by atoms with Crippen molar-refractivity contribution in [2.45, 2.75) is 12.7 Å². The summed E-state index contributed by atoms with van der Waals surface area (Å²) in [6, 6.07) is 12.3. The van der Waals surface area contributed by atoms with Gasteiger partial charge >= 0.3 is 0 Å². The lowest BCUT2D eigenvalue weighted by Crippen LogP contribution is -2.23. The van der Waals surface area contributed by atoms with E-state index in [-0.39, 0.29) is 5.91 Å². The average Bonchev–Trinajstić information content (AvgIpc) is 2.55. The van der Waals surface area contributed by atoms with Gasteiger partial charge in [0.05, 0.1) is 0 Å². The molecule has 4 heteroatoms. The number of nitrogens with zero attached hydrogens (tertiary/aromatic N) is 1. The molecule has 1 aromatic carbocycles. The highest BCUT2D eigenvalue weighted by Crippen LogP contribution is 2.12. The first kappa shape index (κ1) is 16.3. The van der Waals surface area contributed by atoms with Gasteiger partial charge in [-0.1, -0.05) is 35.9 Å². The van der Waals surface area contributed by atoms with Crippen LogP contribution in [0.1, 0.15) is 16.7 Å². The zero-order valence-corrected chi connectivity index (χ0v) is 13.5. The molecular formula is C18H20N2OS. The predicted octanol–water partition coefficient (Wildman–Crippen LogP) is 3.45. The van der Waals surface area contributed by atoms with Crippen molar-refractivity contribution < 1.29 is 4.79 Å². The second-order valence-electron chi connectivity index (χ2n) is 4.95. The van der Waals surface area contributed by atoms with E-state index in [9.17, 15) is 4.79 Å². The molecule has 0 saturated heterocycles. The van der Waals surface area contributed by atoms with Crippen LogP contribution < -0.4 is 5.32 Å². The average molecular weight is 312 g/mol. The second kappa shape index (κ2) is 9.05. The highest BCUT2D eigenvalue weighted by molar-refractivity contribution is 7.98. The minimum atomic E-state index is -0.0696. The summed E-state index contributed by atoms with van der Waals surface area (Å²) >= 11 is 1.82. The topological polar surface area (TPSA) is 42.0 Å². The summed E-state index contributed by atoms with van der Waals surface area (Å²) in [5, 5.41) is 2.88. The molecule has 0 unspecified atom stereocenters. The normalized spacial score (nSPS) is 10.8. The molecule has 114 valence electrons. The Bertz CT molecular complexity index is 609. The summed E-state index contributed by atoms with van der Waals surface area (Å²) in [5.41, 5.74) is 3.52. The number of thioether (sulfide) groups is 1. The fraction of sp³-hybridized carbons (Fsp3) is 0.222. The lowest BCUT2D eigenvalue weighted by atomic mass is 10.2. The van der Waals surface area contributed by atoms with E-state index in [1.807, 2.05) is 23.9 Å². The van der Waals surface area contributed by atoms with E-state index in [0.29, 0.717) is 6.54 Å². The zero-order valence-electron chi connectivity index (χ0n) is 12.7. The van der Waals surface area contributed by atoms with E-state index in [0.717, 1.165) is 17.1 Å². The molecule has 0 spiro atoms. The van der Waals surface area contributed by atoms with Crippen molar-refractivity contribution in [3.8, 4) is 0 Å². The zero-order chi connectivity index (χ0) is 15.6. The minimum absolute atomic E-state index is 0.0696. The van der Waals surface area contributed by atoms with Crippen LogP contribution in [-0.2, 0) is 10.5 Å². The van der Waals surface area contributed by atoms with Gasteiger partial charge in [-0.25, -0.2) is 0 Å². The molecule has 0 aliphatic heterocycles. The Morgan fingerprint density at radius 1 is 1.27 bits per heavy atom. The van der Waals surface area contributed by atoms with E-state index >= 15 is 0 Å². The van der Waals surface area contributed by atoms with Crippen LogP contribution in [0.3, 0.4) is 0 Å². The number of hydrogen-bond donors (Lipinski definition) is 1. The molecule has 0 radical (unpaired) electrons. The number of pyridine rings is 1. The highest BCUT2D eigenvalue weighted by atomic mass is 32.2. The number of benzene rings is 1. The molecule has 1 amide bonds. The molecule has 1 aromatic heterocycles. The second-order valence-corrected chi connectivity index (χ2v) is 6.05. The number of amides is 1. The van der Waals surface area contributed by atoms with Crippen LogP contribution in [0.15, 0.2) is 54.9 Å². The van der Waals surface area contributed by atoms with Crippen molar-refractivity contribution in [1.29, 1.82) is 0 Å². The van der Waals surface area contributed by atoms with Gasteiger partial charge in [0.1, 0.15) is 0 Å². The Balaban J connectivity index is 1.61. The number of aryl methyl sites for hydroxylation is 1. The van der Waals surface area contributed by atoms with Gasteiger partial charge in [-0.15, -0.1) is 0 Å². The molecule has 0 atom stereocenters. The number of carbonyl (C=O) groups excluding carboxylic acids is 1. The van der Waals surface area contributed by atoms with E-state index < -0.39 is 0 Å². The number of carbonyl (C=O) groups is 1. The quantitative estimate of drug-likeness (QED) is 0.629. The molecule has 0 aliphatic rings. The summed E-state index contributed by atoms with van der Waals surface area (Å²) in [7, 11) is 0. The van der Waals surface area contributed by atoms with Crippen LogP contribution in [0.25, 0.3) is 6.08 Å². The van der Waals surface area contributed by atoms with E-state index in [2.05, 4.69) is 41.5 Å². The van der Waals surface area contributed by atoms with Crippen molar-refractivity contribution >= 4 is 23.7 Å². The molecule has 3 nitrogen and oxygen atoms in total. The third-order valence-corrected chi connectivity index (χ3v) is 4.08. The summed E-state index contributed by atoms with van der Waals surface area (Å²) in [5.74, 6) is 1.81. The highest BCUT2D eigenvalue weighted by Gasteiger charge is 1.97. The van der Waals surface area contributed by atoms with Crippen LogP contribution in [0.4, 0.5) is 0 Å². The summed E-state index contributed by atoms with van der Waals surface area (Å²) < 4.78 is 0. The Hall–Kier alpha value is -2.07. The fourth-order valence-electron chi connectivity index (χ4n) is 1.83. The Kier molecular flexibility index (Phi) is 6.71. The Labute approximate surface area is 135 Å². The first-order valence-electron chi connectivity index (χ1n) is 7.23. The largest absolute Gasteiger partial charge is 0.352 e. The van der Waals surface area contributed by atoms with Gasteiger partial charge in [-0.05, 0) is 30.2 Å². The van der Waals surface area contributed by atoms with Crippen molar-refractivity contribution in [1.82, 2.24) is 10.3 Å². The van der Waals surface area contributed by atoms with Crippen LogP contribution in [0.2, 0.25) is 0 Å². The van der Waals surface area contributed by atoms with E-state index in [1.165, 1.54) is 11.1 Å². The SMILES string of the molecule is Cc1ccc(CSCCNC(=O)/C=C/c2cccnc2)cc1. The predicted molar refractivity (Wildman–Crippen MR) is 93.6 cm³/mol. The molecule has 2 rings (SSSR count). The summed E-state index contributed by atoms with van der Waals surface area (Å²) in [4.78, 5) is 15.7. The molecule has 2 aromatic rings. The lowest BCUT2D eigenvalue weighted by Gasteiger charge is -2.03. The molecule has 0 fully saturated rings. The summed E-state index contributed by atoms with van der Waals surface area (Å²) in [6.45, 7) is 2.76. The lowest BCUT2D eigenvalue weighted by molar-refractivity contribution is -0.116. The first-order chi connectivity index (χ1) is 10.7. The van der Waals surface area contributed by atoms with Gasteiger partial charge in [0.15, 0.2) is 0 Å². The van der Waals surface area contributed by atoms with Crippen molar-refractivity contribution in [3.63, 3.8) is 0 Å². The number of rotatable bonds is 7. The van der Waals surface area contributed by atoms with Crippen molar-refractivity contribution in [2.24, 2.45) is 0 Å². The third kappa shape index (κ3) is 6.14. The number of hydrogen-bond acceptors (Lipinski definition) is 3. The minimum Gasteiger partial charge on any atom is -0.352 e. The smallest absolute Gasteiger partial charge is 0.244 e. The van der Waals surface area contributed by atoms with Crippen LogP contribution in [0.5, 0.6) is 0 Å². The monoisotopic (exact) mass is 312 g/mol. The molecule has 1 N–H and O–H groups in total. The van der Waals surface area contributed by atoms with Crippen molar-refractivity contribution in [2.75, 3.05) is 12.3 Å². The van der Waals surface area contributed by atoms with Gasteiger partial charge < -0.3 is 5.32 Å². The van der Waals surface area contributed by atoms with Crippen LogP contribution >= 0.6 is 11.8 Å². The maximum absolute atomic E-state index is 11.7. The third-order valence-electron chi connectivity index (χ3n) is 3.05. The van der Waals surface area contributed by atoms with E-state index in [4.69, 9.17) is 0 Å². The van der Waals surface area contributed by atoms with Gasteiger partial charge in [0.25, 0.3) is 0 Å². The fourth-order valence-corrected chi connectivity index (χ4v) is 2.65. The summed E-state index contributed by atoms with van der Waals surface area (Å²) in [6.07, 6.45) is 6.74. The van der Waals surface area contributed by atoms with Gasteiger partial charge in [-0.2, -0.15) is 11.8 Å². The van der Waals surface area contributed by atoms with Gasteiger partial charge in [-0.3, -0.25) is 9.78 Å². The van der Waals surface area contributed by atoms with Crippen LogP contribution in [0, 0.1) is 6.92 Å². The molecule has 0 aliphatic carbocycles. The maximum Gasteiger partial charge on any atom is 0.244 e. The molecule has 22 heavy (non-hydrogen) atoms. The molecule has 0 saturated carbocycles. The van der Waals surface area contributed by atoms with Gasteiger partial charge in [0.2, 0.25) is 5.91 Å². The number of aromatic nitrogens is 1. The number of nitrogens with one attached hydrogen (secondary N) is 1. The molecular weight excluding hydrogens is 292 g/mol. The standard InChI is InChI=1S/C18H20N2OS/c1-15-4-6-17(7-5-15)14-22-12-11-20-18(21)9-8-16-3-2-10-19-13-16/h2-10,13H,11-12,14H2,1H3,(H,20,21)/b9-8+. The van der Waals surface area contributed by atoms with Gasteiger partial charge in [0, 0.05) is 36.5 Å². The van der Waals surface area contributed by atoms with E-state index in [1.54, 1.807) is 24.5 Å². The maximum atomic E-state index is 11.7. The van der Waals surface area contributed by atoms with Crippen LogP contribution in [-0.4, -0.2) is 23.2 Å². The van der Waals surface area contributed by atoms with Crippen molar-refractivity contribution in [3.05, 3.63) is 71.6 Å².